The van der Waals surface area contributed by atoms with Gasteiger partial charge < -0.3 is 4.52 Å². The Morgan fingerprint density at radius 1 is 1.08 bits per heavy atom. The van der Waals surface area contributed by atoms with Crippen LogP contribution in [0, 0.1) is 0 Å². The Labute approximate surface area is 144 Å². The van der Waals surface area contributed by atoms with E-state index in [0.29, 0.717) is 16.4 Å². The summed E-state index contributed by atoms with van der Waals surface area (Å²) >= 11 is 5.90. The van der Waals surface area contributed by atoms with Crippen LogP contribution >= 0.6 is 19.0 Å². The van der Waals surface area contributed by atoms with Gasteiger partial charge in [0.05, 0.1) is 11.4 Å². The quantitative estimate of drug-likeness (QED) is 0.720. The average molecular weight is 363 g/mol. The highest BCUT2D eigenvalue weighted by Gasteiger charge is 2.30. The lowest BCUT2D eigenvalue weighted by Crippen LogP contribution is -2.28. The molecule has 0 amide bonds. The van der Waals surface area contributed by atoms with Gasteiger partial charge in [-0.25, -0.2) is 4.68 Å². The Hall–Kier alpha value is -2.07. The van der Waals surface area contributed by atoms with E-state index in [2.05, 4.69) is 5.10 Å². The lowest BCUT2D eigenvalue weighted by atomic mass is 10.2. The smallest absolute Gasteiger partial charge is 0.284 e. The molecule has 7 heteroatoms. The van der Waals surface area contributed by atoms with E-state index >= 15 is 0 Å². The summed E-state index contributed by atoms with van der Waals surface area (Å²) in [4.78, 5) is 12.9. The van der Waals surface area contributed by atoms with Gasteiger partial charge >= 0.3 is 0 Å². The van der Waals surface area contributed by atoms with Crippen LogP contribution < -0.4 is 10.9 Å². The first-order chi connectivity index (χ1) is 11.4. The predicted molar refractivity (Wildman–Crippen MR) is 97.0 cm³/mol. The Morgan fingerprint density at radius 2 is 1.71 bits per heavy atom. The first-order valence-corrected chi connectivity index (χ1v) is 9.69. The van der Waals surface area contributed by atoms with Crippen molar-refractivity contribution >= 4 is 24.3 Å². The number of halogens is 1. The summed E-state index contributed by atoms with van der Waals surface area (Å²) in [5.41, 5.74) is 1.45. The van der Waals surface area contributed by atoms with Gasteiger partial charge in [-0.05, 0) is 24.3 Å². The van der Waals surface area contributed by atoms with Gasteiger partial charge in [0.2, 0.25) is 7.37 Å². The highest BCUT2D eigenvalue weighted by Crippen LogP contribution is 2.41. The summed E-state index contributed by atoms with van der Waals surface area (Å²) in [6.45, 7) is 1.44. The Morgan fingerprint density at radius 3 is 2.29 bits per heavy atom. The molecule has 0 aliphatic rings. The molecule has 1 unspecified atom stereocenters. The molecule has 0 bridgehead atoms. The Bertz CT molecular complexity index is 962. The second kappa shape index (κ2) is 6.44. The number of rotatable bonds is 4. The monoisotopic (exact) mass is 362 g/mol. The maximum Gasteiger partial charge on any atom is 0.284 e. The van der Waals surface area contributed by atoms with Crippen molar-refractivity contribution in [1.82, 2.24) is 9.78 Å². The maximum atomic E-state index is 12.9. The number of H-pyrrole nitrogens is 1. The minimum Gasteiger partial charge on any atom is -0.329 e. The summed E-state index contributed by atoms with van der Waals surface area (Å²) in [6, 6.07) is 16.1. The molecular formula is C17H16ClN2O3P. The molecule has 0 fully saturated rings. The van der Waals surface area contributed by atoms with Crippen LogP contribution in [-0.4, -0.2) is 23.6 Å². The van der Waals surface area contributed by atoms with Crippen molar-refractivity contribution in [2.45, 2.75) is 0 Å². The molecule has 1 aromatic heterocycles. The van der Waals surface area contributed by atoms with Gasteiger partial charge in [0.15, 0.2) is 0 Å². The van der Waals surface area contributed by atoms with Crippen LogP contribution in [0.4, 0.5) is 0 Å². The first kappa shape index (κ1) is 16.8. The second-order valence-corrected chi connectivity index (χ2v) is 8.29. The average Bonchev–Trinajstić information content (AvgIpc) is 2.94. The van der Waals surface area contributed by atoms with Gasteiger partial charge in [-0.2, -0.15) is 0 Å². The van der Waals surface area contributed by atoms with E-state index in [1.54, 1.807) is 24.3 Å². The number of hydrogen-bond acceptors (Lipinski definition) is 3. The minimum atomic E-state index is -3.27. The number of aromatic nitrogens is 2. The molecule has 0 aliphatic heterocycles. The van der Waals surface area contributed by atoms with Crippen molar-refractivity contribution in [3.8, 4) is 16.9 Å². The molecule has 2 aromatic carbocycles. The number of nitrogens with zero attached hydrogens (tertiary/aromatic N) is 1. The molecular weight excluding hydrogens is 347 g/mol. The first-order valence-electron chi connectivity index (χ1n) is 7.24. The van der Waals surface area contributed by atoms with Gasteiger partial charge in [0.25, 0.3) is 5.56 Å². The Kier molecular flexibility index (Phi) is 4.50. The second-order valence-electron chi connectivity index (χ2n) is 5.35. The molecule has 3 rings (SSSR count). The number of hydrogen-bond donors (Lipinski definition) is 1. The third-order valence-electron chi connectivity index (χ3n) is 3.77. The number of aromatic amines is 1. The van der Waals surface area contributed by atoms with E-state index in [1.165, 1.54) is 18.5 Å². The standard InChI is InChI=1S/C17H16ClN2O3P/c1-23-24(2,22)16-15(12-6-4-3-5-7-12)19-20(17(16)21)14-10-8-13(18)9-11-14/h3-11,19H,1-2H3. The van der Waals surface area contributed by atoms with E-state index in [1.807, 2.05) is 30.3 Å². The summed E-state index contributed by atoms with van der Waals surface area (Å²) in [7, 11) is -1.92. The van der Waals surface area contributed by atoms with Crippen LogP contribution in [0.3, 0.4) is 0 Å². The topological polar surface area (TPSA) is 64.1 Å². The van der Waals surface area contributed by atoms with Crippen LogP contribution in [0.15, 0.2) is 59.4 Å². The van der Waals surface area contributed by atoms with E-state index in [0.717, 1.165) is 5.56 Å². The van der Waals surface area contributed by atoms with Crippen LogP contribution in [0.2, 0.25) is 5.02 Å². The fraction of sp³-hybridized carbons (Fsp3) is 0.118. The molecule has 0 radical (unpaired) electrons. The van der Waals surface area contributed by atoms with Gasteiger partial charge in [-0.1, -0.05) is 41.9 Å². The fourth-order valence-electron chi connectivity index (χ4n) is 2.47. The van der Waals surface area contributed by atoms with Gasteiger partial charge in [0.1, 0.15) is 5.30 Å². The normalized spacial score (nSPS) is 13.6. The van der Waals surface area contributed by atoms with Crippen molar-refractivity contribution in [1.29, 1.82) is 0 Å². The summed E-state index contributed by atoms with van der Waals surface area (Å²) < 4.78 is 19.3. The van der Waals surface area contributed by atoms with Gasteiger partial charge in [0, 0.05) is 24.4 Å². The summed E-state index contributed by atoms with van der Waals surface area (Å²) in [5.74, 6) is 0. The Balaban J connectivity index is 2.29. The number of benzene rings is 2. The summed E-state index contributed by atoms with van der Waals surface area (Å²) in [5, 5.41) is 3.77. The third-order valence-corrected chi connectivity index (χ3v) is 5.94. The lowest BCUT2D eigenvalue weighted by Gasteiger charge is -2.09. The zero-order valence-corrected chi connectivity index (χ0v) is 14.8. The molecule has 0 saturated heterocycles. The van der Waals surface area contributed by atoms with Gasteiger partial charge in [-0.3, -0.25) is 14.5 Å². The van der Waals surface area contributed by atoms with E-state index in [-0.39, 0.29) is 5.30 Å². The highest BCUT2D eigenvalue weighted by molar-refractivity contribution is 7.66. The van der Waals surface area contributed by atoms with E-state index in [9.17, 15) is 9.36 Å². The van der Waals surface area contributed by atoms with Crippen LogP contribution in [0.5, 0.6) is 0 Å². The molecule has 3 aromatic rings. The third kappa shape index (κ3) is 2.98. The van der Waals surface area contributed by atoms with E-state index in [4.69, 9.17) is 16.1 Å². The molecule has 0 aliphatic carbocycles. The van der Waals surface area contributed by atoms with Crippen molar-refractivity contribution in [3.63, 3.8) is 0 Å². The molecule has 124 valence electrons. The van der Waals surface area contributed by atoms with E-state index < -0.39 is 12.9 Å². The zero-order valence-electron chi connectivity index (χ0n) is 13.2. The fourth-order valence-corrected chi connectivity index (χ4v) is 3.82. The van der Waals surface area contributed by atoms with Crippen molar-refractivity contribution in [2.24, 2.45) is 0 Å². The highest BCUT2D eigenvalue weighted by atomic mass is 35.5. The molecule has 0 saturated carbocycles. The van der Waals surface area contributed by atoms with Crippen molar-refractivity contribution in [2.75, 3.05) is 13.8 Å². The zero-order chi connectivity index (χ0) is 17.3. The molecule has 0 spiro atoms. The largest absolute Gasteiger partial charge is 0.329 e. The molecule has 1 heterocycles. The minimum absolute atomic E-state index is 0.145. The van der Waals surface area contributed by atoms with Crippen LogP contribution in [-0.2, 0) is 9.09 Å². The molecule has 5 nitrogen and oxygen atoms in total. The molecule has 1 atom stereocenters. The van der Waals surface area contributed by atoms with Crippen molar-refractivity contribution in [3.05, 3.63) is 70.0 Å². The lowest BCUT2D eigenvalue weighted by molar-refractivity contribution is 0.408. The molecule has 1 N–H and O–H groups in total. The SMILES string of the molecule is COP(C)(=O)c1c(-c2ccccc2)[nH]n(-c2ccc(Cl)cc2)c1=O. The van der Waals surface area contributed by atoms with Crippen LogP contribution in [0.1, 0.15) is 0 Å². The van der Waals surface area contributed by atoms with Crippen LogP contribution in [0.25, 0.3) is 16.9 Å². The predicted octanol–water partition coefficient (Wildman–Crippen LogP) is 3.67. The van der Waals surface area contributed by atoms with Gasteiger partial charge in [-0.15, -0.1) is 0 Å². The number of nitrogens with one attached hydrogen (secondary N) is 1. The maximum absolute atomic E-state index is 12.9. The summed E-state index contributed by atoms with van der Waals surface area (Å²) in [6.07, 6.45) is 0. The van der Waals surface area contributed by atoms with Crippen molar-refractivity contribution < 1.29 is 9.09 Å². The molecule has 24 heavy (non-hydrogen) atoms.